The second-order valence-corrected chi connectivity index (χ2v) is 6.11. The van der Waals surface area contributed by atoms with E-state index in [0.29, 0.717) is 17.9 Å². The molecule has 130 valence electrons. The molecule has 0 saturated carbocycles. The van der Waals surface area contributed by atoms with Gasteiger partial charge < -0.3 is 4.74 Å². The van der Waals surface area contributed by atoms with E-state index < -0.39 is 23.2 Å². The first-order chi connectivity index (χ1) is 11.9. The Labute approximate surface area is 145 Å². The minimum atomic E-state index is -4.60. The maximum atomic E-state index is 13.0. The fourth-order valence-corrected chi connectivity index (χ4v) is 3.20. The number of thiazole rings is 1. The Bertz CT molecular complexity index is 922. The van der Waals surface area contributed by atoms with E-state index in [9.17, 15) is 18.0 Å². The number of rotatable bonds is 4. The predicted octanol–water partition coefficient (Wildman–Crippen LogP) is 4.97. The zero-order valence-corrected chi connectivity index (χ0v) is 13.9. The van der Waals surface area contributed by atoms with E-state index in [1.807, 2.05) is 6.92 Å². The van der Waals surface area contributed by atoms with Crippen LogP contribution in [-0.4, -0.2) is 17.5 Å². The lowest BCUT2D eigenvalue weighted by Gasteiger charge is -2.11. The molecule has 0 atom stereocenters. The molecule has 1 aromatic heterocycles. The molecule has 3 rings (SSSR count). The second-order valence-electron chi connectivity index (χ2n) is 5.08. The number of nitrogens with one attached hydrogen (secondary N) is 1. The van der Waals surface area contributed by atoms with Crippen molar-refractivity contribution in [2.24, 2.45) is 0 Å². The van der Waals surface area contributed by atoms with Gasteiger partial charge in [0, 0.05) is 0 Å². The van der Waals surface area contributed by atoms with Gasteiger partial charge in [0.15, 0.2) is 5.13 Å². The third-order valence-corrected chi connectivity index (χ3v) is 4.30. The van der Waals surface area contributed by atoms with Gasteiger partial charge in [-0.25, -0.2) is 4.98 Å². The van der Waals surface area contributed by atoms with E-state index in [2.05, 4.69) is 10.3 Å². The van der Waals surface area contributed by atoms with Gasteiger partial charge in [-0.1, -0.05) is 23.5 Å². The second kappa shape index (κ2) is 6.72. The van der Waals surface area contributed by atoms with Crippen molar-refractivity contribution in [2.45, 2.75) is 13.1 Å². The number of alkyl halides is 3. The van der Waals surface area contributed by atoms with Crippen molar-refractivity contribution in [3.05, 3.63) is 53.6 Å². The van der Waals surface area contributed by atoms with Gasteiger partial charge in [-0.15, -0.1) is 0 Å². The Balaban J connectivity index is 1.88. The molecule has 0 radical (unpaired) electrons. The summed E-state index contributed by atoms with van der Waals surface area (Å²) in [7, 11) is 0. The van der Waals surface area contributed by atoms with E-state index in [-0.39, 0.29) is 5.13 Å². The van der Waals surface area contributed by atoms with Crippen LogP contribution in [0.1, 0.15) is 22.8 Å². The Morgan fingerprint density at radius 2 is 2.00 bits per heavy atom. The highest BCUT2D eigenvalue weighted by atomic mass is 32.1. The van der Waals surface area contributed by atoms with Gasteiger partial charge in [0.25, 0.3) is 5.91 Å². The van der Waals surface area contributed by atoms with E-state index in [4.69, 9.17) is 4.74 Å². The number of aromatic nitrogens is 1. The molecule has 8 heteroatoms. The summed E-state index contributed by atoms with van der Waals surface area (Å²) in [5.41, 5.74) is -0.788. The summed E-state index contributed by atoms with van der Waals surface area (Å²) in [6.45, 7) is 2.38. The fourth-order valence-electron chi connectivity index (χ4n) is 2.31. The minimum absolute atomic E-state index is 0.227. The van der Waals surface area contributed by atoms with Crippen LogP contribution in [0.2, 0.25) is 0 Å². The molecule has 4 nitrogen and oxygen atoms in total. The fraction of sp³-hybridized carbons (Fsp3) is 0.176. The highest BCUT2D eigenvalue weighted by molar-refractivity contribution is 7.22. The molecule has 25 heavy (non-hydrogen) atoms. The largest absolute Gasteiger partial charge is 0.494 e. The van der Waals surface area contributed by atoms with Gasteiger partial charge in [-0.3, -0.25) is 10.1 Å². The summed E-state index contributed by atoms with van der Waals surface area (Å²) in [5, 5.41) is 2.67. The van der Waals surface area contributed by atoms with Crippen LogP contribution in [0.5, 0.6) is 5.75 Å². The molecule has 3 aromatic rings. The van der Waals surface area contributed by atoms with Gasteiger partial charge >= 0.3 is 6.18 Å². The standard InChI is InChI=1S/C17H13F3N2O2S/c1-2-24-10-7-8-13-14(9-10)25-16(21-13)22-15(23)11-5-3-4-6-12(11)17(18,19)20/h3-9H,2H2,1H3,(H,21,22,23). The molecule has 1 N–H and O–H groups in total. The van der Waals surface area contributed by atoms with Crippen LogP contribution in [-0.2, 0) is 6.18 Å². The molecule has 0 spiro atoms. The van der Waals surface area contributed by atoms with Crippen molar-refractivity contribution >= 4 is 32.6 Å². The average molecular weight is 366 g/mol. The molecule has 1 amide bonds. The Morgan fingerprint density at radius 3 is 2.72 bits per heavy atom. The summed E-state index contributed by atoms with van der Waals surface area (Å²) in [4.78, 5) is 16.5. The Kier molecular flexibility index (Phi) is 4.63. The number of amides is 1. The summed E-state index contributed by atoms with van der Waals surface area (Å²) < 4.78 is 45.2. The Hall–Kier alpha value is -2.61. The number of ether oxygens (including phenoxy) is 1. The maximum absolute atomic E-state index is 13.0. The summed E-state index contributed by atoms with van der Waals surface area (Å²) in [6.07, 6.45) is -4.60. The predicted molar refractivity (Wildman–Crippen MR) is 90.2 cm³/mol. The van der Waals surface area contributed by atoms with Gasteiger partial charge in [0.05, 0.1) is 28.0 Å². The zero-order chi connectivity index (χ0) is 18.0. The Morgan fingerprint density at radius 1 is 1.24 bits per heavy atom. The molecule has 0 aliphatic rings. The third kappa shape index (κ3) is 3.74. The number of hydrogen-bond acceptors (Lipinski definition) is 4. The molecule has 2 aromatic carbocycles. The maximum Gasteiger partial charge on any atom is 0.417 e. The van der Waals surface area contributed by atoms with Crippen molar-refractivity contribution in [1.29, 1.82) is 0 Å². The molecule has 0 aliphatic carbocycles. The van der Waals surface area contributed by atoms with Crippen molar-refractivity contribution in [2.75, 3.05) is 11.9 Å². The SMILES string of the molecule is CCOc1ccc2nc(NC(=O)c3ccccc3C(F)(F)F)sc2c1. The highest BCUT2D eigenvalue weighted by Gasteiger charge is 2.34. The van der Waals surface area contributed by atoms with Crippen molar-refractivity contribution < 1.29 is 22.7 Å². The topological polar surface area (TPSA) is 51.2 Å². The van der Waals surface area contributed by atoms with Crippen molar-refractivity contribution in [3.8, 4) is 5.75 Å². The first-order valence-electron chi connectivity index (χ1n) is 7.39. The van der Waals surface area contributed by atoms with Gasteiger partial charge in [-0.2, -0.15) is 13.2 Å². The summed E-state index contributed by atoms with van der Waals surface area (Å²) in [5.74, 6) is -0.184. The van der Waals surface area contributed by atoms with Gasteiger partial charge in [0.2, 0.25) is 0 Å². The van der Waals surface area contributed by atoms with Crippen molar-refractivity contribution in [1.82, 2.24) is 4.98 Å². The van der Waals surface area contributed by atoms with Gasteiger partial charge in [0.1, 0.15) is 5.75 Å². The monoisotopic (exact) mass is 366 g/mol. The normalized spacial score (nSPS) is 11.5. The molecular weight excluding hydrogens is 353 g/mol. The molecule has 0 fully saturated rings. The van der Waals surface area contributed by atoms with E-state index in [1.54, 1.807) is 18.2 Å². The highest BCUT2D eigenvalue weighted by Crippen LogP contribution is 2.33. The van der Waals surface area contributed by atoms with Crippen molar-refractivity contribution in [3.63, 3.8) is 0 Å². The quantitative estimate of drug-likeness (QED) is 0.710. The lowest BCUT2D eigenvalue weighted by atomic mass is 10.1. The third-order valence-electron chi connectivity index (χ3n) is 3.37. The molecule has 0 aliphatic heterocycles. The molecular formula is C17H13F3N2O2S. The number of carbonyl (C=O) groups is 1. The summed E-state index contributed by atoms with van der Waals surface area (Å²) >= 11 is 1.17. The van der Waals surface area contributed by atoms with Crippen LogP contribution in [0.25, 0.3) is 10.2 Å². The number of halogens is 3. The first kappa shape index (κ1) is 17.2. The number of nitrogens with zero attached hydrogens (tertiary/aromatic N) is 1. The molecule has 1 heterocycles. The number of benzene rings is 2. The van der Waals surface area contributed by atoms with E-state index in [0.717, 1.165) is 16.8 Å². The van der Waals surface area contributed by atoms with Crippen LogP contribution < -0.4 is 10.1 Å². The molecule has 0 bridgehead atoms. The minimum Gasteiger partial charge on any atom is -0.494 e. The van der Waals surface area contributed by atoms with Gasteiger partial charge in [-0.05, 0) is 37.3 Å². The van der Waals surface area contributed by atoms with Crippen LogP contribution in [0.15, 0.2) is 42.5 Å². The number of fused-ring (bicyclic) bond motifs is 1. The molecule has 0 unspecified atom stereocenters. The van der Waals surface area contributed by atoms with E-state index >= 15 is 0 Å². The first-order valence-corrected chi connectivity index (χ1v) is 8.21. The smallest absolute Gasteiger partial charge is 0.417 e. The number of carbonyl (C=O) groups excluding carboxylic acids is 1. The molecule has 0 saturated heterocycles. The zero-order valence-electron chi connectivity index (χ0n) is 13.1. The van der Waals surface area contributed by atoms with E-state index in [1.165, 1.54) is 23.5 Å². The van der Waals surface area contributed by atoms with Crippen LogP contribution in [0.4, 0.5) is 18.3 Å². The average Bonchev–Trinajstić information content (AvgIpc) is 2.96. The number of anilines is 1. The summed E-state index contributed by atoms with van der Waals surface area (Å²) in [6, 6.07) is 9.89. The van der Waals surface area contributed by atoms with Crippen LogP contribution in [0, 0.1) is 0 Å². The lowest BCUT2D eigenvalue weighted by Crippen LogP contribution is -2.18. The van der Waals surface area contributed by atoms with Crippen LogP contribution >= 0.6 is 11.3 Å². The number of hydrogen-bond donors (Lipinski definition) is 1. The van der Waals surface area contributed by atoms with Crippen LogP contribution in [0.3, 0.4) is 0 Å². The lowest BCUT2D eigenvalue weighted by molar-refractivity contribution is -0.137.